The minimum absolute atomic E-state index is 0.164. The summed E-state index contributed by atoms with van der Waals surface area (Å²) in [6.45, 7) is 2.69. The summed E-state index contributed by atoms with van der Waals surface area (Å²) >= 11 is 1.30. The minimum atomic E-state index is -0.291. The molecule has 0 aliphatic rings. The Kier molecular flexibility index (Phi) is 4.23. The van der Waals surface area contributed by atoms with Crippen molar-refractivity contribution in [3.63, 3.8) is 0 Å². The molecule has 7 nitrogen and oxygen atoms in total. The molecule has 0 aliphatic carbocycles. The molecule has 2 aromatic heterocycles. The van der Waals surface area contributed by atoms with Gasteiger partial charge in [-0.1, -0.05) is 11.3 Å². The third-order valence-corrected chi connectivity index (χ3v) is 3.05. The van der Waals surface area contributed by atoms with Crippen molar-refractivity contribution in [2.75, 3.05) is 20.2 Å². The molecular formula is C11H14N4O3S. The van der Waals surface area contributed by atoms with Crippen LogP contribution in [0.2, 0.25) is 0 Å². The van der Waals surface area contributed by atoms with Gasteiger partial charge in [0, 0.05) is 12.6 Å². The van der Waals surface area contributed by atoms with E-state index in [4.69, 9.17) is 4.74 Å². The largest absolute Gasteiger partial charge is 0.465 e. The Morgan fingerprint density at radius 2 is 2.37 bits per heavy atom. The Hall–Kier alpha value is -1.80. The number of likely N-dealkylation sites (N-methyl/N-ethyl adjacent to an activating group) is 1. The molecule has 0 bridgehead atoms. The molecule has 0 aliphatic heterocycles. The molecule has 0 saturated carbocycles. The van der Waals surface area contributed by atoms with E-state index < -0.39 is 0 Å². The monoisotopic (exact) mass is 282 g/mol. The Bertz CT molecular complexity index is 636. The van der Waals surface area contributed by atoms with Crippen molar-refractivity contribution in [1.82, 2.24) is 19.5 Å². The second kappa shape index (κ2) is 5.89. The van der Waals surface area contributed by atoms with Crippen LogP contribution in [0.1, 0.15) is 12.6 Å². The number of nitrogens with zero attached hydrogens (tertiary/aromatic N) is 4. The fourth-order valence-electron chi connectivity index (χ4n) is 1.64. The van der Waals surface area contributed by atoms with Gasteiger partial charge in [-0.2, -0.15) is 9.61 Å². The van der Waals surface area contributed by atoms with Crippen molar-refractivity contribution in [2.24, 2.45) is 0 Å². The van der Waals surface area contributed by atoms with Gasteiger partial charge in [0.1, 0.15) is 5.51 Å². The molecule has 19 heavy (non-hydrogen) atoms. The van der Waals surface area contributed by atoms with Crippen LogP contribution in [0.15, 0.2) is 16.4 Å². The lowest BCUT2D eigenvalue weighted by molar-refractivity contribution is -0.144. The number of aromatic nitrogens is 3. The molecule has 2 aromatic rings. The van der Waals surface area contributed by atoms with Crippen LogP contribution >= 0.6 is 11.3 Å². The predicted molar refractivity (Wildman–Crippen MR) is 70.1 cm³/mol. The van der Waals surface area contributed by atoms with Gasteiger partial charge in [-0.05, 0) is 14.0 Å². The van der Waals surface area contributed by atoms with Crippen LogP contribution in [0.25, 0.3) is 4.96 Å². The van der Waals surface area contributed by atoms with E-state index in [1.807, 2.05) is 0 Å². The van der Waals surface area contributed by atoms with Gasteiger partial charge in [0.2, 0.25) is 4.96 Å². The van der Waals surface area contributed by atoms with E-state index in [0.29, 0.717) is 23.8 Å². The van der Waals surface area contributed by atoms with Crippen molar-refractivity contribution in [3.8, 4) is 0 Å². The van der Waals surface area contributed by atoms with Crippen LogP contribution in [0.5, 0.6) is 0 Å². The summed E-state index contributed by atoms with van der Waals surface area (Å²) in [5.41, 5.74) is 1.96. The Balaban J connectivity index is 2.08. The zero-order valence-electron chi connectivity index (χ0n) is 10.7. The fourth-order valence-corrected chi connectivity index (χ4v) is 2.28. The standard InChI is InChI=1S/C11H14N4O3S/c1-3-18-10(17)6-14(2)5-8-4-9(16)15-11(13-8)19-7-12-15/h4,7H,3,5-6H2,1-2H3. The van der Waals surface area contributed by atoms with Crippen LogP contribution in [0.4, 0.5) is 0 Å². The molecule has 0 radical (unpaired) electrons. The van der Waals surface area contributed by atoms with Crippen LogP contribution in [-0.2, 0) is 16.1 Å². The number of carbonyl (C=O) groups excluding carboxylic acids is 1. The first-order chi connectivity index (χ1) is 9.10. The van der Waals surface area contributed by atoms with E-state index in [-0.39, 0.29) is 18.1 Å². The summed E-state index contributed by atoms with van der Waals surface area (Å²) in [6.07, 6.45) is 0. The van der Waals surface area contributed by atoms with Gasteiger partial charge in [-0.15, -0.1) is 0 Å². The van der Waals surface area contributed by atoms with E-state index in [9.17, 15) is 9.59 Å². The molecule has 0 aromatic carbocycles. The lowest BCUT2D eigenvalue weighted by Crippen LogP contribution is -2.28. The SMILES string of the molecule is CCOC(=O)CN(C)Cc1cc(=O)n2ncsc2n1. The van der Waals surface area contributed by atoms with Gasteiger partial charge >= 0.3 is 5.97 Å². The molecule has 102 valence electrons. The molecule has 0 saturated heterocycles. The number of hydrogen-bond donors (Lipinski definition) is 0. The van der Waals surface area contributed by atoms with Crippen molar-refractivity contribution in [2.45, 2.75) is 13.5 Å². The highest BCUT2D eigenvalue weighted by Gasteiger charge is 2.10. The maximum atomic E-state index is 11.7. The molecule has 0 fully saturated rings. The number of carbonyl (C=O) groups is 1. The smallest absolute Gasteiger partial charge is 0.320 e. The van der Waals surface area contributed by atoms with E-state index in [0.717, 1.165) is 0 Å². The fraction of sp³-hybridized carbons (Fsp3) is 0.455. The zero-order chi connectivity index (χ0) is 13.8. The van der Waals surface area contributed by atoms with Crippen LogP contribution < -0.4 is 5.56 Å². The summed E-state index contributed by atoms with van der Waals surface area (Å²) in [4.78, 5) is 29.7. The lowest BCUT2D eigenvalue weighted by Gasteiger charge is -2.14. The Morgan fingerprint density at radius 1 is 1.58 bits per heavy atom. The summed E-state index contributed by atoms with van der Waals surface area (Å²) in [6, 6.07) is 1.42. The van der Waals surface area contributed by atoms with Crippen LogP contribution in [0.3, 0.4) is 0 Å². The topological polar surface area (TPSA) is 76.8 Å². The number of fused-ring (bicyclic) bond motifs is 1. The lowest BCUT2D eigenvalue weighted by atomic mass is 10.3. The highest BCUT2D eigenvalue weighted by molar-refractivity contribution is 7.14. The number of hydrogen-bond acceptors (Lipinski definition) is 7. The number of ether oxygens (including phenoxy) is 1. The van der Waals surface area contributed by atoms with E-state index in [1.54, 1.807) is 24.4 Å². The van der Waals surface area contributed by atoms with Crippen molar-refractivity contribution in [1.29, 1.82) is 0 Å². The molecule has 0 N–H and O–H groups in total. The van der Waals surface area contributed by atoms with Gasteiger partial charge in [-0.3, -0.25) is 14.5 Å². The first-order valence-electron chi connectivity index (χ1n) is 5.76. The third kappa shape index (κ3) is 3.36. The van der Waals surface area contributed by atoms with Crippen molar-refractivity contribution in [3.05, 3.63) is 27.6 Å². The second-order valence-electron chi connectivity index (χ2n) is 4.00. The molecule has 2 rings (SSSR count). The quantitative estimate of drug-likeness (QED) is 0.726. The average molecular weight is 282 g/mol. The number of esters is 1. The molecule has 0 amide bonds. The van der Waals surface area contributed by atoms with E-state index in [2.05, 4.69) is 10.1 Å². The first kappa shape index (κ1) is 13.6. The molecule has 0 atom stereocenters. The maximum Gasteiger partial charge on any atom is 0.320 e. The minimum Gasteiger partial charge on any atom is -0.465 e. The summed E-state index contributed by atoms with van der Waals surface area (Å²) in [5.74, 6) is -0.291. The van der Waals surface area contributed by atoms with Crippen LogP contribution in [-0.4, -0.2) is 45.7 Å². The summed E-state index contributed by atoms with van der Waals surface area (Å²) in [5, 5.41) is 3.88. The third-order valence-electron chi connectivity index (χ3n) is 2.38. The van der Waals surface area contributed by atoms with Gasteiger partial charge in [-0.25, -0.2) is 4.98 Å². The Labute approximate surface area is 113 Å². The molecule has 0 spiro atoms. The number of rotatable bonds is 5. The van der Waals surface area contributed by atoms with Gasteiger partial charge < -0.3 is 4.74 Å². The Morgan fingerprint density at radius 3 is 3.11 bits per heavy atom. The molecule has 8 heteroatoms. The molecule has 2 heterocycles. The van der Waals surface area contributed by atoms with Gasteiger partial charge in [0.15, 0.2) is 0 Å². The summed E-state index contributed by atoms with van der Waals surface area (Å²) < 4.78 is 6.11. The second-order valence-corrected chi connectivity index (χ2v) is 4.81. The average Bonchev–Trinajstić information content (AvgIpc) is 2.77. The highest BCUT2D eigenvalue weighted by atomic mass is 32.1. The van der Waals surface area contributed by atoms with Gasteiger partial charge in [0.05, 0.1) is 18.8 Å². The maximum absolute atomic E-state index is 11.7. The predicted octanol–water partition coefficient (Wildman–Crippen LogP) is 0.146. The highest BCUT2D eigenvalue weighted by Crippen LogP contribution is 2.05. The molecular weight excluding hydrogens is 268 g/mol. The normalized spacial score (nSPS) is 11.1. The van der Waals surface area contributed by atoms with E-state index >= 15 is 0 Å². The molecule has 0 unspecified atom stereocenters. The first-order valence-corrected chi connectivity index (χ1v) is 6.64. The zero-order valence-corrected chi connectivity index (χ0v) is 11.5. The van der Waals surface area contributed by atoms with Gasteiger partial charge in [0.25, 0.3) is 5.56 Å². The van der Waals surface area contributed by atoms with Crippen molar-refractivity contribution >= 4 is 22.3 Å². The van der Waals surface area contributed by atoms with Crippen molar-refractivity contribution < 1.29 is 9.53 Å². The van der Waals surface area contributed by atoms with Crippen LogP contribution in [0, 0.1) is 0 Å². The van der Waals surface area contributed by atoms with E-state index in [1.165, 1.54) is 21.9 Å². The summed E-state index contributed by atoms with van der Waals surface area (Å²) in [7, 11) is 1.77.